The van der Waals surface area contributed by atoms with Crippen molar-refractivity contribution in [2.45, 2.75) is 18.2 Å². The largest absolute Gasteiger partial charge is 0.364 e. The molecule has 1 aliphatic rings. The molecular formula is C19H24N4O4S. The molecule has 0 bridgehead atoms. The minimum absolute atomic E-state index is 0.0299. The van der Waals surface area contributed by atoms with E-state index in [2.05, 4.69) is 0 Å². The van der Waals surface area contributed by atoms with E-state index in [-0.39, 0.29) is 23.0 Å². The Morgan fingerprint density at radius 1 is 1.07 bits per heavy atom. The van der Waals surface area contributed by atoms with E-state index in [4.69, 9.17) is 5.73 Å². The zero-order chi connectivity index (χ0) is 20.5. The Labute approximate surface area is 164 Å². The van der Waals surface area contributed by atoms with Crippen LogP contribution in [-0.4, -0.2) is 60.2 Å². The third-order valence-corrected chi connectivity index (χ3v) is 6.74. The molecule has 9 heteroatoms. The third kappa shape index (κ3) is 3.95. The van der Waals surface area contributed by atoms with Gasteiger partial charge in [-0.25, -0.2) is 8.42 Å². The second-order valence-electron chi connectivity index (χ2n) is 6.96. The van der Waals surface area contributed by atoms with Crippen molar-refractivity contribution >= 4 is 21.8 Å². The number of benzene rings is 1. The highest BCUT2D eigenvalue weighted by Gasteiger charge is 2.30. The Morgan fingerprint density at radius 2 is 1.82 bits per heavy atom. The predicted molar refractivity (Wildman–Crippen MR) is 104 cm³/mol. The van der Waals surface area contributed by atoms with Gasteiger partial charge in [0.05, 0.1) is 0 Å². The van der Waals surface area contributed by atoms with Crippen LogP contribution in [0.25, 0.3) is 0 Å². The molecule has 2 N–H and O–H groups in total. The summed E-state index contributed by atoms with van der Waals surface area (Å²) in [6.45, 7) is 3.22. The molecule has 0 unspecified atom stereocenters. The van der Waals surface area contributed by atoms with Gasteiger partial charge in [0.15, 0.2) is 0 Å². The maximum atomic E-state index is 13.0. The first kappa shape index (κ1) is 20.1. The number of amides is 2. The van der Waals surface area contributed by atoms with Crippen LogP contribution in [0.5, 0.6) is 0 Å². The number of hydrogen-bond acceptors (Lipinski definition) is 4. The van der Waals surface area contributed by atoms with Crippen LogP contribution in [0.15, 0.2) is 41.4 Å². The molecule has 1 aromatic heterocycles. The van der Waals surface area contributed by atoms with Gasteiger partial charge in [-0.3, -0.25) is 9.59 Å². The molecule has 2 amide bonds. The maximum absolute atomic E-state index is 13.0. The Morgan fingerprint density at radius 3 is 2.46 bits per heavy atom. The van der Waals surface area contributed by atoms with Crippen molar-refractivity contribution in [1.29, 1.82) is 0 Å². The molecule has 2 aromatic rings. The Balaban J connectivity index is 1.76. The summed E-state index contributed by atoms with van der Waals surface area (Å²) in [5.41, 5.74) is 7.01. The van der Waals surface area contributed by atoms with Crippen molar-refractivity contribution in [1.82, 2.24) is 13.8 Å². The molecule has 1 aliphatic heterocycles. The molecule has 1 fully saturated rings. The number of rotatable bonds is 4. The van der Waals surface area contributed by atoms with E-state index in [1.54, 1.807) is 18.0 Å². The highest BCUT2D eigenvalue weighted by molar-refractivity contribution is 7.89. The fraction of sp³-hybridized carbons (Fsp3) is 0.368. The molecule has 1 saturated heterocycles. The van der Waals surface area contributed by atoms with E-state index < -0.39 is 15.9 Å². The summed E-state index contributed by atoms with van der Waals surface area (Å²) in [6.07, 6.45) is 1.92. The van der Waals surface area contributed by atoms with E-state index in [1.165, 1.54) is 21.1 Å². The van der Waals surface area contributed by atoms with Crippen molar-refractivity contribution in [2.75, 3.05) is 26.2 Å². The van der Waals surface area contributed by atoms with Gasteiger partial charge in [0, 0.05) is 45.0 Å². The van der Waals surface area contributed by atoms with E-state index >= 15 is 0 Å². The van der Waals surface area contributed by atoms with Gasteiger partial charge < -0.3 is 15.2 Å². The number of carbonyl (C=O) groups is 2. The second kappa shape index (κ2) is 7.76. The van der Waals surface area contributed by atoms with Gasteiger partial charge in [0.2, 0.25) is 10.0 Å². The predicted octanol–water partition coefficient (Wildman–Crippen LogP) is 0.969. The quantitative estimate of drug-likeness (QED) is 0.819. The van der Waals surface area contributed by atoms with Crippen molar-refractivity contribution in [3.05, 3.63) is 53.3 Å². The Bertz CT molecular complexity index is 1010. The number of primary amides is 1. The summed E-state index contributed by atoms with van der Waals surface area (Å²) >= 11 is 0. The van der Waals surface area contributed by atoms with Gasteiger partial charge in [-0.05, 0) is 31.5 Å². The Hall–Kier alpha value is -2.65. The third-order valence-electron chi connectivity index (χ3n) is 4.88. The summed E-state index contributed by atoms with van der Waals surface area (Å²) in [6, 6.07) is 8.65. The number of sulfonamides is 1. The monoisotopic (exact) mass is 404 g/mol. The molecule has 0 saturated carbocycles. The van der Waals surface area contributed by atoms with Gasteiger partial charge in [0.1, 0.15) is 10.6 Å². The molecule has 1 aromatic carbocycles. The summed E-state index contributed by atoms with van der Waals surface area (Å²) in [7, 11) is -2.20. The smallest absolute Gasteiger partial charge is 0.265 e. The molecule has 3 rings (SSSR count). The highest BCUT2D eigenvalue weighted by Crippen LogP contribution is 2.21. The van der Waals surface area contributed by atoms with E-state index in [9.17, 15) is 18.0 Å². The van der Waals surface area contributed by atoms with E-state index in [0.717, 1.165) is 5.56 Å². The lowest BCUT2D eigenvalue weighted by Gasteiger charge is -2.22. The SMILES string of the molecule is Cc1cccc(C(=O)N2CCCN(S(=O)(=O)c3cc(C(N)=O)n(C)c3)CC2)c1. The first-order chi connectivity index (χ1) is 13.2. The van der Waals surface area contributed by atoms with Crippen LogP contribution in [-0.2, 0) is 17.1 Å². The topological polar surface area (TPSA) is 106 Å². The van der Waals surface area contributed by atoms with Gasteiger partial charge in [-0.15, -0.1) is 0 Å². The average molecular weight is 404 g/mol. The van der Waals surface area contributed by atoms with Gasteiger partial charge in [-0.2, -0.15) is 4.31 Å². The number of aryl methyl sites for hydroxylation is 2. The van der Waals surface area contributed by atoms with Crippen LogP contribution in [0.4, 0.5) is 0 Å². The number of nitrogens with zero attached hydrogens (tertiary/aromatic N) is 3. The van der Waals surface area contributed by atoms with Crippen molar-refractivity contribution in [3.8, 4) is 0 Å². The van der Waals surface area contributed by atoms with Crippen LogP contribution in [0, 0.1) is 6.92 Å². The first-order valence-corrected chi connectivity index (χ1v) is 10.5. The minimum Gasteiger partial charge on any atom is -0.364 e. The number of hydrogen-bond donors (Lipinski definition) is 1. The fourth-order valence-electron chi connectivity index (χ4n) is 3.37. The summed E-state index contributed by atoms with van der Waals surface area (Å²) < 4.78 is 28.7. The normalized spacial score (nSPS) is 16.0. The number of nitrogens with two attached hydrogens (primary N) is 1. The zero-order valence-corrected chi connectivity index (χ0v) is 16.8. The fourth-order valence-corrected chi connectivity index (χ4v) is 4.91. The Kier molecular flexibility index (Phi) is 5.57. The van der Waals surface area contributed by atoms with E-state index in [1.807, 2.05) is 25.1 Å². The second-order valence-corrected chi connectivity index (χ2v) is 8.89. The molecule has 8 nitrogen and oxygen atoms in total. The van der Waals surface area contributed by atoms with E-state index in [0.29, 0.717) is 31.6 Å². The highest BCUT2D eigenvalue weighted by atomic mass is 32.2. The molecule has 0 radical (unpaired) electrons. The van der Waals surface area contributed by atoms with Crippen molar-refractivity contribution < 1.29 is 18.0 Å². The van der Waals surface area contributed by atoms with Crippen molar-refractivity contribution in [3.63, 3.8) is 0 Å². The average Bonchev–Trinajstić information content (AvgIpc) is 2.88. The molecule has 28 heavy (non-hydrogen) atoms. The molecule has 150 valence electrons. The molecular weight excluding hydrogens is 380 g/mol. The summed E-state index contributed by atoms with van der Waals surface area (Å²) in [4.78, 5) is 25.9. The van der Waals surface area contributed by atoms with Crippen LogP contribution in [0.1, 0.15) is 32.8 Å². The lowest BCUT2D eigenvalue weighted by molar-refractivity contribution is 0.0764. The van der Waals surface area contributed by atoms with Crippen LogP contribution in [0.2, 0.25) is 0 Å². The number of aromatic nitrogens is 1. The standard InChI is InChI=1S/C19H24N4O4S/c1-14-5-3-6-15(11-14)19(25)22-7-4-8-23(10-9-22)28(26,27)16-12-17(18(20)24)21(2)13-16/h3,5-6,11-13H,4,7-10H2,1-2H3,(H2,20,24). The van der Waals surface area contributed by atoms with Crippen LogP contribution >= 0.6 is 0 Å². The van der Waals surface area contributed by atoms with Gasteiger partial charge in [0.25, 0.3) is 11.8 Å². The molecule has 2 heterocycles. The van der Waals surface area contributed by atoms with Crippen LogP contribution < -0.4 is 5.73 Å². The minimum atomic E-state index is -3.77. The van der Waals surface area contributed by atoms with Gasteiger partial charge in [-0.1, -0.05) is 17.7 Å². The van der Waals surface area contributed by atoms with Crippen molar-refractivity contribution in [2.24, 2.45) is 12.8 Å². The summed E-state index contributed by atoms with van der Waals surface area (Å²) in [5.74, 6) is -0.784. The number of carbonyl (C=O) groups excluding carboxylic acids is 2. The lowest BCUT2D eigenvalue weighted by Crippen LogP contribution is -2.37. The maximum Gasteiger partial charge on any atom is 0.265 e. The first-order valence-electron chi connectivity index (χ1n) is 9.02. The summed E-state index contributed by atoms with van der Waals surface area (Å²) in [5, 5.41) is 0. The molecule has 0 aliphatic carbocycles. The van der Waals surface area contributed by atoms with Crippen LogP contribution in [0.3, 0.4) is 0 Å². The molecule has 0 spiro atoms. The zero-order valence-electron chi connectivity index (χ0n) is 16.0. The van der Waals surface area contributed by atoms with Gasteiger partial charge >= 0.3 is 0 Å². The lowest BCUT2D eigenvalue weighted by atomic mass is 10.1. The molecule has 0 atom stereocenters.